The highest BCUT2D eigenvalue weighted by Crippen LogP contribution is 2.49. The lowest BCUT2D eigenvalue weighted by Crippen LogP contribution is -2.17. The average Bonchev–Trinajstić information content (AvgIpc) is 3.24. The number of benzene rings is 5. The van der Waals surface area contributed by atoms with E-state index in [4.69, 9.17) is 4.98 Å². The molecule has 1 heterocycles. The molecule has 0 saturated heterocycles. The highest BCUT2D eigenvalue weighted by molar-refractivity contribution is 5.83. The lowest BCUT2D eigenvalue weighted by atomic mass is 9.82. The van der Waals surface area contributed by atoms with E-state index in [-0.39, 0.29) is 10.8 Å². The van der Waals surface area contributed by atoms with Gasteiger partial charge in [0.05, 0.1) is 5.69 Å². The molecule has 0 bridgehead atoms. The Morgan fingerprint density at radius 3 is 1.35 bits per heavy atom. The van der Waals surface area contributed by atoms with Crippen LogP contribution < -0.4 is 0 Å². The minimum absolute atomic E-state index is 0.148. The van der Waals surface area contributed by atoms with Crippen LogP contribution in [0.2, 0.25) is 0 Å². The fourth-order valence-electron chi connectivity index (χ4n) is 7.13. The smallest absolute Gasteiger partial charge is 0.0705 e. The Balaban J connectivity index is 1.28. The third kappa shape index (κ3) is 5.21. The van der Waals surface area contributed by atoms with Gasteiger partial charge in [0, 0.05) is 11.8 Å². The van der Waals surface area contributed by atoms with Gasteiger partial charge in [-0.25, -0.2) is 0 Å². The minimum atomic E-state index is 0.148. The maximum Gasteiger partial charge on any atom is 0.0705 e. The van der Waals surface area contributed by atoms with Crippen LogP contribution in [0.5, 0.6) is 0 Å². The number of nitrogens with zero attached hydrogens (tertiary/aromatic N) is 1. The van der Waals surface area contributed by atoms with Gasteiger partial charge in [-0.05, 0) is 109 Å². The van der Waals surface area contributed by atoms with Crippen LogP contribution in [0.4, 0.5) is 0 Å². The van der Waals surface area contributed by atoms with Crippen molar-refractivity contribution in [2.24, 2.45) is 0 Å². The maximum atomic E-state index is 4.96. The normalized spacial score (nSPS) is 14.8. The first-order valence-corrected chi connectivity index (χ1v) is 15.3. The standard InChI is InChI=1S/C42H37N/c1-41(2)28-42(3,4)39-27-43-40(26-38(39)41)34-20-12-18-32(22-34)31-17-11-19-33(21-31)37-24-35(29-13-7-5-8-14-29)23-36(25-37)30-15-9-6-10-16-30/h5-27H,28H2,1-4H3. The lowest BCUT2D eigenvalue weighted by molar-refractivity contribution is 0.403. The summed E-state index contributed by atoms with van der Waals surface area (Å²) in [6.45, 7) is 9.41. The number of aromatic nitrogens is 1. The summed E-state index contributed by atoms with van der Waals surface area (Å²) in [6.07, 6.45) is 3.27. The Kier molecular flexibility index (Phi) is 6.62. The van der Waals surface area contributed by atoms with Crippen molar-refractivity contribution in [3.8, 4) is 55.8 Å². The molecule has 5 aromatic carbocycles. The SMILES string of the molecule is CC1(C)CC(C)(C)c2cc(-c3cccc(-c4cccc(-c5cc(-c6ccccc6)cc(-c6ccccc6)c5)c4)c3)ncc21. The predicted octanol–water partition coefficient (Wildman–Crippen LogP) is 11.4. The quantitative estimate of drug-likeness (QED) is 0.206. The van der Waals surface area contributed by atoms with Gasteiger partial charge < -0.3 is 0 Å². The number of hydrogen-bond donors (Lipinski definition) is 0. The molecule has 1 heteroatoms. The van der Waals surface area contributed by atoms with Gasteiger partial charge in [-0.15, -0.1) is 0 Å². The molecule has 0 N–H and O–H groups in total. The van der Waals surface area contributed by atoms with Crippen LogP contribution in [0.3, 0.4) is 0 Å². The van der Waals surface area contributed by atoms with Gasteiger partial charge in [-0.2, -0.15) is 0 Å². The van der Waals surface area contributed by atoms with Gasteiger partial charge in [-0.1, -0.05) is 125 Å². The van der Waals surface area contributed by atoms with Crippen LogP contribution in [-0.2, 0) is 10.8 Å². The van der Waals surface area contributed by atoms with Crippen LogP contribution in [0.15, 0.2) is 140 Å². The van der Waals surface area contributed by atoms with E-state index in [2.05, 4.69) is 167 Å². The largest absolute Gasteiger partial charge is 0.256 e. The molecule has 0 spiro atoms. The van der Waals surface area contributed by atoms with Crippen LogP contribution >= 0.6 is 0 Å². The van der Waals surface area contributed by atoms with Crippen molar-refractivity contribution in [1.82, 2.24) is 4.98 Å². The van der Waals surface area contributed by atoms with Crippen LogP contribution in [0.1, 0.15) is 45.2 Å². The molecule has 0 aliphatic heterocycles. The van der Waals surface area contributed by atoms with E-state index < -0.39 is 0 Å². The zero-order valence-corrected chi connectivity index (χ0v) is 25.4. The molecule has 6 aromatic rings. The van der Waals surface area contributed by atoms with Gasteiger partial charge in [0.25, 0.3) is 0 Å². The van der Waals surface area contributed by atoms with Crippen molar-refractivity contribution in [2.45, 2.75) is 44.9 Å². The molecular weight excluding hydrogens is 518 g/mol. The molecule has 1 nitrogen and oxygen atoms in total. The first kappa shape index (κ1) is 27.1. The molecule has 0 atom stereocenters. The molecule has 0 amide bonds. The van der Waals surface area contributed by atoms with Crippen LogP contribution in [-0.4, -0.2) is 4.98 Å². The van der Waals surface area contributed by atoms with Crippen molar-refractivity contribution in [2.75, 3.05) is 0 Å². The van der Waals surface area contributed by atoms with Gasteiger partial charge in [0.1, 0.15) is 0 Å². The van der Waals surface area contributed by atoms with E-state index in [1.165, 1.54) is 55.6 Å². The summed E-state index contributed by atoms with van der Waals surface area (Å²) in [7, 11) is 0. The molecule has 210 valence electrons. The van der Waals surface area contributed by atoms with Gasteiger partial charge in [-0.3, -0.25) is 4.98 Å². The minimum Gasteiger partial charge on any atom is -0.256 e. The number of hydrogen-bond acceptors (Lipinski definition) is 1. The summed E-state index contributed by atoms with van der Waals surface area (Å²) in [5.74, 6) is 0. The molecule has 7 rings (SSSR count). The molecule has 0 fully saturated rings. The molecule has 0 radical (unpaired) electrons. The summed E-state index contributed by atoms with van der Waals surface area (Å²) in [5, 5.41) is 0. The van der Waals surface area contributed by atoms with Crippen molar-refractivity contribution in [1.29, 1.82) is 0 Å². The van der Waals surface area contributed by atoms with Crippen molar-refractivity contribution >= 4 is 0 Å². The zero-order chi connectivity index (χ0) is 29.6. The highest BCUT2D eigenvalue weighted by atomic mass is 14.7. The third-order valence-electron chi connectivity index (χ3n) is 9.08. The molecule has 0 unspecified atom stereocenters. The van der Waals surface area contributed by atoms with E-state index >= 15 is 0 Å². The fraction of sp³-hybridized carbons (Fsp3) is 0.167. The highest BCUT2D eigenvalue weighted by Gasteiger charge is 2.42. The topological polar surface area (TPSA) is 12.9 Å². The maximum absolute atomic E-state index is 4.96. The Hall–Kier alpha value is -4.75. The molecule has 43 heavy (non-hydrogen) atoms. The summed E-state index contributed by atoms with van der Waals surface area (Å²) in [4.78, 5) is 4.96. The van der Waals surface area contributed by atoms with Gasteiger partial charge in [0.2, 0.25) is 0 Å². The van der Waals surface area contributed by atoms with E-state index in [1.54, 1.807) is 0 Å². The third-order valence-corrected chi connectivity index (χ3v) is 9.08. The molecular formula is C42H37N. The van der Waals surface area contributed by atoms with E-state index in [1.807, 2.05) is 0 Å². The summed E-state index contributed by atoms with van der Waals surface area (Å²) in [6, 6.07) is 48.3. The number of rotatable bonds is 5. The van der Waals surface area contributed by atoms with Crippen LogP contribution in [0.25, 0.3) is 55.8 Å². The molecule has 1 aliphatic carbocycles. The first-order valence-electron chi connectivity index (χ1n) is 15.3. The monoisotopic (exact) mass is 555 g/mol. The Morgan fingerprint density at radius 2 is 0.791 bits per heavy atom. The molecule has 0 saturated carbocycles. The molecule has 1 aliphatic rings. The predicted molar refractivity (Wildman–Crippen MR) is 182 cm³/mol. The van der Waals surface area contributed by atoms with Crippen molar-refractivity contribution in [3.63, 3.8) is 0 Å². The van der Waals surface area contributed by atoms with Crippen LogP contribution in [0, 0.1) is 0 Å². The summed E-state index contributed by atoms with van der Waals surface area (Å²) < 4.78 is 0. The number of pyridine rings is 1. The Bertz CT molecular complexity index is 1870. The Labute approximate surface area is 255 Å². The van der Waals surface area contributed by atoms with Crippen molar-refractivity contribution < 1.29 is 0 Å². The summed E-state index contributed by atoms with van der Waals surface area (Å²) >= 11 is 0. The van der Waals surface area contributed by atoms with Gasteiger partial charge >= 0.3 is 0 Å². The first-order chi connectivity index (χ1) is 20.8. The van der Waals surface area contributed by atoms with Gasteiger partial charge in [0.15, 0.2) is 0 Å². The van der Waals surface area contributed by atoms with E-state index in [0.29, 0.717) is 0 Å². The second-order valence-electron chi connectivity index (χ2n) is 13.3. The van der Waals surface area contributed by atoms with E-state index in [9.17, 15) is 0 Å². The zero-order valence-electron chi connectivity index (χ0n) is 25.4. The average molecular weight is 556 g/mol. The number of fused-ring (bicyclic) bond motifs is 1. The fourth-order valence-corrected chi connectivity index (χ4v) is 7.13. The molecule has 1 aromatic heterocycles. The lowest BCUT2D eigenvalue weighted by Gasteiger charge is -2.22. The summed E-state index contributed by atoms with van der Waals surface area (Å²) in [5.41, 5.74) is 15.0. The Morgan fingerprint density at radius 1 is 0.395 bits per heavy atom. The second-order valence-corrected chi connectivity index (χ2v) is 13.3. The van der Waals surface area contributed by atoms with Crippen molar-refractivity contribution in [3.05, 3.63) is 151 Å². The second kappa shape index (κ2) is 10.5. The van der Waals surface area contributed by atoms with E-state index in [0.717, 1.165) is 17.7 Å².